The minimum absolute atomic E-state index is 0.256. The van der Waals surface area contributed by atoms with Crippen LogP contribution in [0.1, 0.15) is 23.6 Å². The van der Waals surface area contributed by atoms with Crippen molar-refractivity contribution >= 4 is 17.8 Å². The molecule has 0 aliphatic heterocycles. The molecule has 5 heteroatoms. The van der Waals surface area contributed by atoms with Crippen molar-refractivity contribution in [2.45, 2.75) is 6.92 Å². The van der Waals surface area contributed by atoms with E-state index in [9.17, 15) is 10.0 Å². The first-order chi connectivity index (χ1) is 10.1. The van der Waals surface area contributed by atoms with Crippen LogP contribution in [0.4, 0.5) is 0 Å². The van der Waals surface area contributed by atoms with Crippen LogP contribution < -0.4 is 0 Å². The van der Waals surface area contributed by atoms with Gasteiger partial charge in [-0.25, -0.2) is 4.79 Å². The Morgan fingerprint density at radius 1 is 1.19 bits per heavy atom. The van der Waals surface area contributed by atoms with E-state index in [1.165, 1.54) is 6.92 Å². The van der Waals surface area contributed by atoms with E-state index in [1.807, 2.05) is 0 Å². The van der Waals surface area contributed by atoms with Crippen molar-refractivity contribution in [2.24, 2.45) is 5.16 Å². The Bertz CT molecular complexity index is 689. The summed E-state index contributed by atoms with van der Waals surface area (Å²) in [6.07, 6.45) is 4.82. The summed E-state index contributed by atoms with van der Waals surface area (Å²) in [7, 11) is 0. The van der Waals surface area contributed by atoms with Gasteiger partial charge in [0.15, 0.2) is 0 Å². The van der Waals surface area contributed by atoms with Crippen LogP contribution in [-0.2, 0) is 4.79 Å². The molecule has 0 saturated carbocycles. The van der Waals surface area contributed by atoms with E-state index in [0.29, 0.717) is 11.3 Å². The van der Waals surface area contributed by atoms with Gasteiger partial charge in [0.05, 0.1) is 0 Å². The molecular weight excluding hydrogens is 268 g/mol. The maximum absolute atomic E-state index is 10.8. The van der Waals surface area contributed by atoms with E-state index < -0.39 is 5.97 Å². The zero-order valence-electron chi connectivity index (χ0n) is 11.4. The number of aromatic nitrogens is 1. The van der Waals surface area contributed by atoms with Crippen molar-refractivity contribution in [3.63, 3.8) is 0 Å². The minimum Gasteiger partial charge on any atom is -0.478 e. The summed E-state index contributed by atoms with van der Waals surface area (Å²) in [5.41, 5.74) is 2.85. The molecule has 2 rings (SSSR count). The normalized spacial score (nSPS) is 12.2. The highest BCUT2D eigenvalue weighted by molar-refractivity contribution is 6.12. The Labute approximate surface area is 121 Å². The summed E-state index contributed by atoms with van der Waals surface area (Å²) in [4.78, 5) is 14.8. The summed E-state index contributed by atoms with van der Waals surface area (Å²) in [5, 5.41) is 21.4. The Morgan fingerprint density at radius 2 is 1.90 bits per heavy atom. The molecule has 0 fully saturated rings. The van der Waals surface area contributed by atoms with Crippen molar-refractivity contribution in [3.05, 3.63) is 71.1 Å². The molecule has 0 saturated heterocycles. The maximum atomic E-state index is 10.8. The van der Waals surface area contributed by atoms with Crippen LogP contribution in [0.25, 0.3) is 6.08 Å². The fourth-order valence-electron chi connectivity index (χ4n) is 1.83. The van der Waals surface area contributed by atoms with Gasteiger partial charge < -0.3 is 10.3 Å². The fourth-order valence-corrected chi connectivity index (χ4v) is 1.83. The summed E-state index contributed by atoms with van der Waals surface area (Å²) in [6.45, 7) is 1.53. The Kier molecular flexibility index (Phi) is 4.46. The monoisotopic (exact) mass is 282 g/mol. The predicted molar refractivity (Wildman–Crippen MR) is 79.4 cm³/mol. The quantitative estimate of drug-likeness (QED) is 0.391. The number of aliphatic carboxylic acids is 1. The molecular formula is C16H14N2O3. The van der Waals surface area contributed by atoms with E-state index in [2.05, 4.69) is 10.1 Å². The van der Waals surface area contributed by atoms with Crippen molar-refractivity contribution in [1.82, 2.24) is 4.98 Å². The van der Waals surface area contributed by atoms with Gasteiger partial charge in [-0.15, -0.1) is 0 Å². The highest BCUT2D eigenvalue weighted by atomic mass is 16.4. The number of carboxylic acids is 1. The number of benzene rings is 1. The van der Waals surface area contributed by atoms with Gasteiger partial charge in [0.1, 0.15) is 5.71 Å². The molecule has 0 aliphatic rings. The summed E-state index contributed by atoms with van der Waals surface area (Å²) < 4.78 is 0. The van der Waals surface area contributed by atoms with Crippen LogP contribution in [0.2, 0.25) is 0 Å². The molecule has 1 aromatic carbocycles. The molecule has 0 atom stereocenters. The molecule has 1 aromatic heterocycles. The third-order valence-electron chi connectivity index (χ3n) is 2.94. The molecule has 0 unspecified atom stereocenters. The largest absolute Gasteiger partial charge is 0.478 e. The molecule has 0 aliphatic carbocycles. The number of hydrogen-bond donors (Lipinski definition) is 2. The average Bonchev–Trinajstić information content (AvgIpc) is 2.50. The van der Waals surface area contributed by atoms with Gasteiger partial charge in [-0.1, -0.05) is 29.4 Å². The molecule has 21 heavy (non-hydrogen) atoms. The molecule has 0 amide bonds. The first-order valence-electron chi connectivity index (χ1n) is 6.26. The molecule has 1 heterocycles. The minimum atomic E-state index is -0.952. The molecule has 5 nitrogen and oxygen atoms in total. The number of nitrogens with zero attached hydrogens (tertiary/aromatic N) is 2. The van der Waals surface area contributed by atoms with Crippen LogP contribution in [0.15, 0.2) is 59.5 Å². The van der Waals surface area contributed by atoms with E-state index in [4.69, 9.17) is 5.11 Å². The summed E-state index contributed by atoms with van der Waals surface area (Å²) in [6, 6.07) is 10.6. The number of rotatable bonds is 4. The lowest BCUT2D eigenvalue weighted by Gasteiger charge is -2.05. The molecule has 0 radical (unpaired) electrons. The Hall–Kier alpha value is -2.95. The Morgan fingerprint density at radius 3 is 2.43 bits per heavy atom. The van der Waals surface area contributed by atoms with Crippen molar-refractivity contribution in [3.8, 4) is 0 Å². The summed E-state index contributed by atoms with van der Waals surface area (Å²) >= 11 is 0. The number of oxime groups is 1. The van der Waals surface area contributed by atoms with E-state index in [0.717, 1.165) is 11.1 Å². The smallest absolute Gasteiger partial charge is 0.331 e. The third kappa shape index (κ3) is 3.54. The Balaban J connectivity index is 2.30. The number of hydrogen-bond acceptors (Lipinski definition) is 4. The van der Waals surface area contributed by atoms with Gasteiger partial charge in [0, 0.05) is 29.1 Å². The van der Waals surface area contributed by atoms with Crippen LogP contribution >= 0.6 is 0 Å². The van der Waals surface area contributed by atoms with Gasteiger partial charge in [0.2, 0.25) is 0 Å². The van der Waals surface area contributed by atoms with E-state index in [-0.39, 0.29) is 5.57 Å². The second kappa shape index (κ2) is 6.47. The topological polar surface area (TPSA) is 82.8 Å². The molecule has 2 N–H and O–H groups in total. The second-order valence-electron chi connectivity index (χ2n) is 4.44. The first-order valence-corrected chi connectivity index (χ1v) is 6.26. The number of carboxylic acid groups (broad SMARTS) is 1. The first kappa shape index (κ1) is 14.5. The number of pyridine rings is 1. The van der Waals surface area contributed by atoms with E-state index >= 15 is 0 Å². The van der Waals surface area contributed by atoms with Crippen LogP contribution in [0.3, 0.4) is 0 Å². The van der Waals surface area contributed by atoms with Crippen molar-refractivity contribution in [2.75, 3.05) is 0 Å². The number of carbonyl (C=O) groups is 1. The highest BCUT2D eigenvalue weighted by Crippen LogP contribution is 2.13. The van der Waals surface area contributed by atoms with Gasteiger partial charge in [-0.2, -0.15) is 0 Å². The van der Waals surface area contributed by atoms with Gasteiger partial charge >= 0.3 is 5.97 Å². The van der Waals surface area contributed by atoms with Gasteiger partial charge in [0.25, 0.3) is 0 Å². The van der Waals surface area contributed by atoms with Crippen molar-refractivity contribution in [1.29, 1.82) is 0 Å². The standard InChI is InChI=1S/C16H14N2O3/c1-11(16(19)20)9-12-4-6-13(7-5-12)15(18-21)14-3-2-8-17-10-14/h2-10,21H,1H3,(H,19,20)/b11-9+,18-15-. The van der Waals surface area contributed by atoms with Crippen LogP contribution in [0, 0.1) is 0 Å². The predicted octanol–water partition coefficient (Wildman–Crippen LogP) is 2.80. The van der Waals surface area contributed by atoms with E-state index in [1.54, 1.807) is 54.9 Å². The van der Waals surface area contributed by atoms with Crippen LogP contribution in [-0.4, -0.2) is 27.0 Å². The van der Waals surface area contributed by atoms with Gasteiger partial charge in [-0.05, 0) is 30.7 Å². The molecule has 2 aromatic rings. The third-order valence-corrected chi connectivity index (χ3v) is 2.94. The van der Waals surface area contributed by atoms with Crippen molar-refractivity contribution < 1.29 is 15.1 Å². The lowest BCUT2D eigenvalue weighted by atomic mass is 10.0. The zero-order chi connectivity index (χ0) is 15.2. The second-order valence-corrected chi connectivity index (χ2v) is 4.44. The SMILES string of the molecule is C/C(=C\c1ccc(/C(=N/O)c2cccnc2)cc1)C(=O)O. The zero-order valence-corrected chi connectivity index (χ0v) is 11.4. The molecule has 0 bridgehead atoms. The summed E-state index contributed by atoms with van der Waals surface area (Å²) in [5.74, 6) is -0.952. The van der Waals surface area contributed by atoms with Gasteiger partial charge in [-0.3, -0.25) is 4.98 Å². The fraction of sp³-hybridized carbons (Fsp3) is 0.0625. The highest BCUT2D eigenvalue weighted by Gasteiger charge is 2.07. The lowest BCUT2D eigenvalue weighted by Crippen LogP contribution is -2.03. The molecule has 106 valence electrons. The maximum Gasteiger partial charge on any atom is 0.331 e. The molecule has 0 spiro atoms. The average molecular weight is 282 g/mol. The van der Waals surface area contributed by atoms with Crippen LogP contribution in [0.5, 0.6) is 0 Å². The lowest BCUT2D eigenvalue weighted by molar-refractivity contribution is -0.132.